The van der Waals surface area contributed by atoms with Crippen molar-refractivity contribution in [1.29, 1.82) is 0 Å². The van der Waals surface area contributed by atoms with Crippen LogP contribution in [0.25, 0.3) is 0 Å². The molecule has 1 aliphatic heterocycles. The molecule has 1 fully saturated rings. The summed E-state index contributed by atoms with van der Waals surface area (Å²) in [5, 5.41) is 2.67. The smallest absolute Gasteiger partial charge is 0.462 e. The molecule has 2 N–H and O–H groups in total. The summed E-state index contributed by atoms with van der Waals surface area (Å²) in [5.74, 6) is -2.46. The molecule has 0 spiro atoms. The molecule has 0 radical (unpaired) electrons. The van der Waals surface area contributed by atoms with Gasteiger partial charge in [0.1, 0.15) is 18.2 Å². The second-order valence-electron chi connectivity index (χ2n) is 11.7. The zero-order valence-corrected chi connectivity index (χ0v) is 29.7. The van der Waals surface area contributed by atoms with Crippen molar-refractivity contribution in [2.24, 2.45) is 11.8 Å². The number of hydrogen-bond donors (Lipinski definition) is 2. The molecule has 3 amide bonds. The Morgan fingerprint density at radius 1 is 0.837 bits per heavy atom. The van der Waals surface area contributed by atoms with Gasteiger partial charge in [0.25, 0.3) is 0 Å². The summed E-state index contributed by atoms with van der Waals surface area (Å²) < 4.78 is 41.9. The first kappa shape index (κ1) is 43.9. The predicted octanol–water partition coefficient (Wildman–Crippen LogP) is 1.66. The maximum absolute atomic E-state index is 12.3. The van der Waals surface area contributed by atoms with Crippen molar-refractivity contribution in [2.45, 2.75) is 85.2 Å². The molecule has 1 heterocycles. The number of carbonyl (C=O) groups is 7. The number of phosphoric acid groups is 1. The first-order chi connectivity index (χ1) is 23.1. The second kappa shape index (κ2) is 24.1. The topological polar surface area (TPSA) is 227 Å². The van der Waals surface area contributed by atoms with Crippen LogP contribution < -0.4 is 5.32 Å². The van der Waals surface area contributed by atoms with Gasteiger partial charge in [0.05, 0.1) is 33.0 Å². The lowest BCUT2D eigenvalue weighted by Gasteiger charge is -2.18. The van der Waals surface area contributed by atoms with Crippen molar-refractivity contribution in [2.75, 3.05) is 59.3 Å². The number of carbonyl (C=O) groups excluding carboxylic acids is 7. The summed E-state index contributed by atoms with van der Waals surface area (Å²) >= 11 is 0. The van der Waals surface area contributed by atoms with Gasteiger partial charge >= 0.3 is 19.8 Å². The molecule has 49 heavy (non-hydrogen) atoms. The molecule has 0 aliphatic carbocycles. The highest BCUT2D eigenvalue weighted by Crippen LogP contribution is 2.43. The lowest BCUT2D eigenvalue weighted by molar-refractivity contribution is -0.158. The number of ketones is 2. The lowest BCUT2D eigenvalue weighted by Crippen LogP contribution is -2.33. The van der Waals surface area contributed by atoms with Gasteiger partial charge in [-0.25, -0.2) is 4.57 Å². The highest BCUT2D eigenvalue weighted by molar-refractivity contribution is 7.47. The molecular formula is C31H51N2O15P. The monoisotopic (exact) mass is 722 g/mol. The van der Waals surface area contributed by atoms with Crippen LogP contribution in [0.3, 0.4) is 0 Å². The van der Waals surface area contributed by atoms with Crippen molar-refractivity contribution >= 4 is 49.0 Å². The zero-order valence-electron chi connectivity index (χ0n) is 28.8. The number of amides is 3. The van der Waals surface area contributed by atoms with E-state index in [0.717, 1.165) is 13.8 Å². The van der Waals surface area contributed by atoms with E-state index in [-0.39, 0.29) is 132 Å². The summed E-state index contributed by atoms with van der Waals surface area (Å²) in [6, 6.07) is 0. The Hall–Kier alpha value is -3.08. The Morgan fingerprint density at radius 2 is 1.47 bits per heavy atom. The van der Waals surface area contributed by atoms with Crippen LogP contribution in [0.1, 0.15) is 79.1 Å². The molecule has 0 aromatic heterocycles. The number of ether oxygens (including phenoxy) is 4. The molecule has 3 atom stereocenters. The van der Waals surface area contributed by atoms with E-state index in [1.165, 1.54) is 4.90 Å². The van der Waals surface area contributed by atoms with Crippen LogP contribution in [0.4, 0.5) is 0 Å². The molecule has 17 nitrogen and oxygen atoms in total. The minimum absolute atomic E-state index is 0.0611. The van der Waals surface area contributed by atoms with Gasteiger partial charge in [0.2, 0.25) is 17.7 Å². The minimum Gasteiger partial charge on any atom is -0.462 e. The van der Waals surface area contributed by atoms with Crippen LogP contribution in [-0.2, 0) is 66.1 Å². The van der Waals surface area contributed by atoms with Gasteiger partial charge in [-0.2, -0.15) is 0 Å². The van der Waals surface area contributed by atoms with Crippen molar-refractivity contribution in [1.82, 2.24) is 10.2 Å². The molecule has 1 rings (SSSR count). The van der Waals surface area contributed by atoms with E-state index in [4.69, 9.17) is 28.0 Å². The number of Topliss-reactive ketones (excluding diaryl/α,β-unsaturated/α-hetero) is 2. The van der Waals surface area contributed by atoms with Crippen LogP contribution in [0.2, 0.25) is 0 Å². The number of nitrogens with one attached hydrogen (secondary N) is 1. The van der Waals surface area contributed by atoms with Crippen LogP contribution in [-0.4, -0.2) is 116 Å². The standard InChI is InChI=1S/C31H51N2O15P/c1-22(2)28-19-30(39)33(31(28)40)13-9-25(36)7-5-14-43-17-11-29(38)32-12-18-44-16-10-26(37)8-6-15-46-49(41,42)47-21-27(48-24(4)35)20-45-23(3)34/h22,27-28H,5-21H2,1-4H3,(H,32,38)(H,41,42)/t27-,28?/m1/s1. The quantitative estimate of drug-likeness (QED) is 0.0507. The highest BCUT2D eigenvalue weighted by Gasteiger charge is 2.39. The average Bonchev–Trinajstić information content (AvgIpc) is 3.31. The fraction of sp³-hybridized carbons (Fsp3) is 0.774. The van der Waals surface area contributed by atoms with Crippen molar-refractivity contribution in [3.63, 3.8) is 0 Å². The van der Waals surface area contributed by atoms with Gasteiger partial charge in [0, 0.05) is 78.0 Å². The van der Waals surface area contributed by atoms with Crippen LogP contribution >= 0.6 is 7.82 Å². The molecule has 1 saturated heterocycles. The summed E-state index contributed by atoms with van der Waals surface area (Å²) in [4.78, 5) is 93.5. The molecule has 0 aromatic carbocycles. The molecule has 2 unspecified atom stereocenters. The fourth-order valence-electron chi connectivity index (χ4n) is 4.45. The molecule has 18 heteroatoms. The molecule has 280 valence electrons. The van der Waals surface area contributed by atoms with Gasteiger partial charge in [-0.05, 0) is 18.8 Å². The maximum Gasteiger partial charge on any atom is 0.472 e. The first-order valence-corrected chi connectivity index (χ1v) is 17.8. The highest BCUT2D eigenvalue weighted by atomic mass is 31.2. The van der Waals surface area contributed by atoms with Gasteiger partial charge in [0.15, 0.2) is 6.10 Å². The van der Waals surface area contributed by atoms with E-state index in [9.17, 15) is 43.0 Å². The van der Waals surface area contributed by atoms with E-state index in [1.807, 2.05) is 13.8 Å². The number of likely N-dealkylation sites (tertiary alicyclic amines) is 1. The number of esters is 2. The Bertz CT molecular complexity index is 1160. The summed E-state index contributed by atoms with van der Waals surface area (Å²) in [5.41, 5.74) is 0. The Morgan fingerprint density at radius 3 is 2.10 bits per heavy atom. The SMILES string of the molecule is CC(=O)OC[C@H](COP(=O)(O)OCCCC(=O)CCOCCNC(=O)CCOCCCC(=O)CCN1C(=O)CC(C(C)C)C1=O)OC(C)=O. The summed E-state index contributed by atoms with van der Waals surface area (Å²) in [6.45, 7) is 6.02. The van der Waals surface area contributed by atoms with Crippen molar-refractivity contribution < 1.29 is 71.0 Å². The number of nitrogens with zero attached hydrogens (tertiary/aromatic N) is 1. The maximum atomic E-state index is 12.3. The van der Waals surface area contributed by atoms with E-state index < -0.39 is 32.5 Å². The molecule has 0 aromatic rings. The molecule has 0 saturated carbocycles. The van der Waals surface area contributed by atoms with E-state index in [2.05, 4.69) is 5.32 Å². The molecule has 0 bridgehead atoms. The number of phosphoric ester groups is 1. The van der Waals surface area contributed by atoms with Crippen molar-refractivity contribution in [3.8, 4) is 0 Å². The third-order valence-corrected chi connectivity index (χ3v) is 8.08. The second-order valence-corrected chi connectivity index (χ2v) is 13.1. The Kier molecular flexibility index (Phi) is 21.6. The van der Waals surface area contributed by atoms with Gasteiger partial charge in [-0.15, -0.1) is 0 Å². The Balaban J connectivity index is 2.02. The number of hydrogen-bond acceptors (Lipinski definition) is 14. The Labute approximate surface area is 286 Å². The number of imide groups is 1. The summed E-state index contributed by atoms with van der Waals surface area (Å²) in [6.07, 6.45) is 0.368. The van der Waals surface area contributed by atoms with Crippen molar-refractivity contribution in [3.05, 3.63) is 0 Å². The predicted molar refractivity (Wildman–Crippen MR) is 171 cm³/mol. The minimum atomic E-state index is -4.51. The normalized spacial score (nSPS) is 16.4. The van der Waals surface area contributed by atoms with E-state index in [1.54, 1.807) is 0 Å². The van der Waals surface area contributed by atoms with E-state index in [0.29, 0.717) is 13.0 Å². The third kappa shape index (κ3) is 20.9. The fourth-order valence-corrected chi connectivity index (χ4v) is 5.24. The van der Waals surface area contributed by atoms with Crippen LogP contribution in [0, 0.1) is 11.8 Å². The lowest BCUT2D eigenvalue weighted by atomic mass is 9.94. The van der Waals surface area contributed by atoms with Gasteiger partial charge in [-0.1, -0.05) is 13.8 Å². The van der Waals surface area contributed by atoms with Crippen LogP contribution in [0.15, 0.2) is 0 Å². The first-order valence-electron chi connectivity index (χ1n) is 16.3. The summed E-state index contributed by atoms with van der Waals surface area (Å²) in [7, 11) is -4.51. The van der Waals surface area contributed by atoms with Crippen LogP contribution in [0.5, 0.6) is 0 Å². The number of rotatable bonds is 28. The zero-order chi connectivity index (χ0) is 36.8. The molecule has 1 aliphatic rings. The van der Waals surface area contributed by atoms with Gasteiger partial charge < -0.3 is 29.2 Å². The largest absolute Gasteiger partial charge is 0.472 e. The average molecular weight is 723 g/mol. The van der Waals surface area contributed by atoms with E-state index >= 15 is 0 Å². The van der Waals surface area contributed by atoms with Gasteiger partial charge in [-0.3, -0.25) is 47.5 Å². The molecular weight excluding hydrogens is 671 g/mol. The third-order valence-electron chi connectivity index (χ3n) is 7.09.